The molecule has 0 N–H and O–H groups in total. The van der Waals surface area contributed by atoms with Gasteiger partial charge in [-0.15, -0.1) is 0 Å². The lowest BCUT2D eigenvalue weighted by Crippen LogP contribution is -2.45. The Morgan fingerprint density at radius 3 is 0.837 bits per heavy atom. The zero-order valence-electron chi connectivity index (χ0n) is 27.8. The van der Waals surface area contributed by atoms with E-state index in [2.05, 4.69) is 48.5 Å². The molecule has 0 spiro atoms. The zero-order chi connectivity index (χ0) is 32.9. The molecule has 4 aromatic rings. The lowest BCUT2D eigenvalue weighted by molar-refractivity contribution is -0.00450. The third-order valence-corrected chi connectivity index (χ3v) is 9.43. The van der Waals surface area contributed by atoms with Gasteiger partial charge in [0.15, 0.2) is 0 Å². The number of benzene rings is 4. The fourth-order valence-electron chi connectivity index (χ4n) is 6.15. The molecule has 0 aromatic heterocycles. The molecular weight excluding hydrogens is 620 g/mol. The maximum atomic E-state index is 6.76. The first-order valence-corrected chi connectivity index (χ1v) is 17.5. The van der Waals surface area contributed by atoms with Crippen molar-refractivity contribution in [3.63, 3.8) is 0 Å². The second-order valence-electron chi connectivity index (χ2n) is 13.7. The lowest BCUT2D eigenvalue weighted by atomic mass is 9.91. The molecule has 4 unspecified atom stereocenters. The first-order chi connectivity index (χ1) is 24.2. The van der Waals surface area contributed by atoms with Crippen LogP contribution in [-0.2, 0) is 44.6 Å². The quantitative estimate of drug-likeness (QED) is 0.106. The second kappa shape index (κ2) is 14.8. The second-order valence-corrected chi connectivity index (χ2v) is 13.7. The summed E-state index contributed by atoms with van der Waals surface area (Å²) in [5.74, 6) is 3.36. The van der Waals surface area contributed by atoms with E-state index in [9.17, 15) is 0 Å². The molecule has 4 atom stereocenters. The fraction of sp³-hybridized carbons (Fsp3) is 0.415. The van der Waals surface area contributed by atoms with E-state index in [0.29, 0.717) is 26.4 Å². The summed E-state index contributed by atoms with van der Waals surface area (Å²) in [7, 11) is 0. The van der Waals surface area contributed by atoms with E-state index in [1.807, 2.05) is 48.5 Å². The SMILES string of the molecule is c1ccc(OCC(COc2ccccc2CC2CO2)(COc2ccccc2CC2CO2)COc2ccccc2CC2CO2)c(CC2CO2)c1. The molecule has 0 aliphatic carbocycles. The maximum absolute atomic E-state index is 6.76. The third-order valence-electron chi connectivity index (χ3n) is 9.43. The van der Waals surface area contributed by atoms with Crippen molar-refractivity contribution < 1.29 is 37.9 Å². The van der Waals surface area contributed by atoms with Crippen molar-refractivity contribution >= 4 is 0 Å². The van der Waals surface area contributed by atoms with E-state index >= 15 is 0 Å². The Kier molecular flexibility index (Phi) is 9.71. The van der Waals surface area contributed by atoms with Gasteiger partial charge in [-0.3, -0.25) is 0 Å². The van der Waals surface area contributed by atoms with Crippen LogP contribution in [0.15, 0.2) is 97.1 Å². The Balaban J connectivity index is 1.10. The van der Waals surface area contributed by atoms with Crippen molar-refractivity contribution in [2.24, 2.45) is 5.41 Å². The minimum absolute atomic E-state index is 0.246. The van der Waals surface area contributed by atoms with E-state index in [-0.39, 0.29) is 24.4 Å². The highest BCUT2D eigenvalue weighted by Crippen LogP contribution is 2.33. The van der Waals surface area contributed by atoms with Gasteiger partial charge in [-0.25, -0.2) is 0 Å². The molecular formula is C41H44O8. The van der Waals surface area contributed by atoms with Crippen LogP contribution in [0.2, 0.25) is 0 Å². The van der Waals surface area contributed by atoms with Crippen LogP contribution in [0.1, 0.15) is 22.3 Å². The smallest absolute Gasteiger partial charge is 0.122 e. The van der Waals surface area contributed by atoms with Crippen LogP contribution in [0.4, 0.5) is 0 Å². The summed E-state index contributed by atoms with van der Waals surface area (Å²) in [6.45, 7) is 4.39. The van der Waals surface area contributed by atoms with Crippen LogP contribution in [0.3, 0.4) is 0 Å². The van der Waals surface area contributed by atoms with Crippen LogP contribution in [-0.4, -0.2) is 77.3 Å². The molecule has 0 amide bonds. The molecule has 0 bridgehead atoms. The van der Waals surface area contributed by atoms with Crippen LogP contribution >= 0.6 is 0 Å². The molecule has 4 aliphatic rings. The number of epoxide rings is 4. The summed E-state index contributed by atoms with van der Waals surface area (Å²) in [4.78, 5) is 0. The number of para-hydroxylation sites is 4. The number of rotatable bonds is 20. The molecule has 8 nitrogen and oxygen atoms in total. The molecule has 4 saturated heterocycles. The Morgan fingerprint density at radius 2 is 0.612 bits per heavy atom. The molecule has 4 heterocycles. The van der Waals surface area contributed by atoms with Gasteiger partial charge in [-0.05, 0) is 46.5 Å². The third kappa shape index (κ3) is 9.13. The standard InChI is InChI=1S/C41H44O8/c1-5-13-37(29(9-1)17-33-21-42-33)46-25-41(26-47-38-14-6-2-10-30(38)18-34-22-43-34,27-48-39-15-7-3-11-31(39)19-35-23-44-35)28-49-40-16-8-4-12-32(40)20-36-24-45-36/h1-16,33-36H,17-28H2. The number of hydrogen-bond donors (Lipinski definition) is 0. The highest BCUT2D eigenvalue weighted by Gasteiger charge is 2.38. The molecule has 4 fully saturated rings. The maximum Gasteiger partial charge on any atom is 0.122 e. The predicted molar refractivity (Wildman–Crippen MR) is 184 cm³/mol. The van der Waals surface area contributed by atoms with Crippen molar-refractivity contribution in [2.45, 2.75) is 50.1 Å². The van der Waals surface area contributed by atoms with Gasteiger partial charge in [-0.1, -0.05) is 72.8 Å². The zero-order valence-corrected chi connectivity index (χ0v) is 27.8. The predicted octanol–water partition coefficient (Wildman–Crippen LogP) is 6.05. The lowest BCUT2D eigenvalue weighted by Gasteiger charge is -2.34. The molecule has 49 heavy (non-hydrogen) atoms. The van der Waals surface area contributed by atoms with Gasteiger partial charge in [0, 0.05) is 25.7 Å². The minimum Gasteiger partial charge on any atom is -0.492 e. The Morgan fingerprint density at radius 1 is 0.388 bits per heavy atom. The van der Waals surface area contributed by atoms with E-state index in [0.717, 1.165) is 97.4 Å². The summed E-state index contributed by atoms with van der Waals surface area (Å²) >= 11 is 0. The van der Waals surface area contributed by atoms with Gasteiger partial charge in [0.25, 0.3) is 0 Å². The summed E-state index contributed by atoms with van der Waals surface area (Å²) in [5, 5.41) is 0. The largest absolute Gasteiger partial charge is 0.492 e. The van der Waals surface area contributed by atoms with Gasteiger partial charge in [0.1, 0.15) is 54.8 Å². The number of ether oxygens (including phenoxy) is 8. The summed E-state index contributed by atoms with van der Waals surface area (Å²) in [5.41, 5.74) is 3.79. The van der Waals surface area contributed by atoms with Gasteiger partial charge in [0.2, 0.25) is 0 Å². The monoisotopic (exact) mass is 664 g/mol. The summed E-state index contributed by atoms with van der Waals surface area (Å²) < 4.78 is 49.3. The van der Waals surface area contributed by atoms with Crippen LogP contribution in [0.25, 0.3) is 0 Å². The van der Waals surface area contributed by atoms with Crippen molar-refractivity contribution in [1.29, 1.82) is 0 Å². The molecule has 0 saturated carbocycles. The fourth-order valence-corrected chi connectivity index (χ4v) is 6.15. The van der Waals surface area contributed by atoms with Crippen LogP contribution in [0.5, 0.6) is 23.0 Å². The minimum atomic E-state index is -0.710. The van der Waals surface area contributed by atoms with Crippen LogP contribution in [0, 0.1) is 5.41 Å². The normalized spacial score (nSPS) is 22.9. The van der Waals surface area contributed by atoms with Gasteiger partial charge >= 0.3 is 0 Å². The molecule has 4 aromatic carbocycles. The van der Waals surface area contributed by atoms with Crippen molar-refractivity contribution in [1.82, 2.24) is 0 Å². The van der Waals surface area contributed by atoms with E-state index in [4.69, 9.17) is 37.9 Å². The molecule has 4 aliphatic heterocycles. The van der Waals surface area contributed by atoms with E-state index in [1.165, 1.54) is 0 Å². The first kappa shape index (κ1) is 32.1. The summed E-state index contributed by atoms with van der Waals surface area (Å²) in [6, 6.07) is 32.9. The molecule has 8 heteroatoms. The number of hydrogen-bond acceptors (Lipinski definition) is 8. The van der Waals surface area contributed by atoms with Crippen molar-refractivity contribution in [3.8, 4) is 23.0 Å². The molecule has 0 radical (unpaired) electrons. The highest BCUT2D eigenvalue weighted by molar-refractivity contribution is 5.37. The van der Waals surface area contributed by atoms with Crippen LogP contribution < -0.4 is 18.9 Å². The first-order valence-electron chi connectivity index (χ1n) is 17.5. The molecule has 8 rings (SSSR count). The van der Waals surface area contributed by atoms with Gasteiger partial charge in [0.05, 0.1) is 50.8 Å². The van der Waals surface area contributed by atoms with Crippen molar-refractivity contribution in [3.05, 3.63) is 119 Å². The Labute approximate surface area is 288 Å². The average Bonchev–Trinajstić information content (AvgIpc) is 3.90. The Hall–Kier alpha value is -4.08. The topological polar surface area (TPSA) is 87.0 Å². The Bertz CT molecular complexity index is 1440. The highest BCUT2D eigenvalue weighted by atomic mass is 16.6. The van der Waals surface area contributed by atoms with E-state index in [1.54, 1.807) is 0 Å². The summed E-state index contributed by atoms with van der Waals surface area (Å²) in [6.07, 6.45) is 4.25. The van der Waals surface area contributed by atoms with Gasteiger partial charge < -0.3 is 37.9 Å². The van der Waals surface area contributed by atoms with E-state index < -0.39 is 5.41 Å². The molecule has 256 valence electrons. The average molecular weight is 665 g/mol. The van der Waals surface area contributed by atoms with Crippen molar-refractivity contribution in [2.75, 3.05) is 52.9 Å². The van der Waals surface area contributed by atoms with Gasteiger partial charge in [-0.2, -0.15) is 0 Å².